The van der Waals surface area contributed by atoms with Crippen LogP contribution in [0.25, 0.3) is 6.08 Å². The van der Waals surface area contributed by atoms with E-state index in [1.54, 1.807) is 25.3 Å². The van der Waals surface area contributed by atoms with Crippen LogP contribution in [0.3, 0.4) is 0 Å². The third-order valence-corrected chi connectivity index (χ3v) is 4.21. The zero-order chi connectivity index (χ0) is 21.4. The lowest BCUT2D eigenvalue weighted by atomic mass is 10.2. The van der Waals surface area contributed by atoms with Crippen LogP contribution in [0, 0.1) is 5.92 Å². The van der Waals surface area contributed by atoms with E-state index >= 15 is 0 Å². The molecule has 0 aliphatic rings. The molecule has 0 aromatic heterocycles. The number of rotatable bonds is 9. The van der Waals surface area contributed by atoms with E-state index in [0.717, 1.165) is 5.56 Å². The topological polar surface area (TPSA) is 66.0 Å². The van der Waals surface area contributed by atoms with Gasteiger partial charge >= 0.3 is 0 Å². The molecule has 0 saturated heterocycles. The van der Waals surface area contributed by atoms with Crippen LogP contribution in [0.1, 0.15) is 19.4 Å². The van der Waals surface area contributed by atoms with E-state index in [2.05, 4.69) is 19.2 Å². The summed E-state index contributed by atoms with van der Waals surface area (Å²) in [4.78, 5) is 12.3. The first-order chi connectivity index (χ1) is 13.9. The first-order valence-corrected chi connectivity index (χ1v) is 9.47. The largest absolute Gasteiger partial charge is 0.495 e. The van der Waals surface area contributed by atoms with Gasteiger partial charge in [-0.05, 0) is 35.8 Å². The Morgan fingerprint density at radius 2 is 1.69 bits per heavy atom. The van der Waals surface area contributed by atoms with Crippen LogP contribution in [0.15, 0.2) is 36.4 Å². The maximum atomic E-state index is 12.3. The standard InChI is InChI=1S/C22H26ClNO5/c1-14(2)13-29-18-8-6-15(10-21(18)28-5)7-9-22(25)24-17-11-16(23)19(26-3)12-20(17)27-4/h6-12,14H,13H2,1-5H3,(H,24,25)/b9-7+. The van der Waals surface area contributed by atoms with Crippen LogP contribution in [-0.2, 0) is 4.79 Å². The molecule has 0 heterocycles. The summed E-state index contributed by atoms with van der Waals surface area (Å²) in [7, 11) is 4.59. The van der Waals surface area contributed by atoms with Crippen LogP contribution in [0.5, 0.6) is 23.0 Å². The van der Waals surface area contributed by atoms with Crippen LogP contribution < -0.4 is 24.3 Å². The number of halogens is 1. The molecule has 0 unspecified atom stereocenters. The van der Waals surface area contributed by atoms with Gasteiger partial charge in [-0.25, -0.2) is 0 Å². The number of anilines is 1. The molecule has 1 amide bonds. The van der Waals surface area contributed by atoms with Crippen molar-refractivity contribution in [3.8, 4) is 23.0 Å². The van der Waals surface area contributed by atoms with E-state index in [1.807, 2.05) is 18.2 Å². The molecular weight excluding hydrogens is 394 g/mol. The van der Waals surface area contributed by atoms with E-state index in [0.29, 0.717) is 46.2 Å². The third kappa shape index (κ3) is 6.32. The van der Waals surface area contributed by atoms with Gasteiger partial charge in [0, 0.05) is 12.1 Å². The molecule has 6 nitrogen and oxygen atoms in total. The second-order valence-corrected chi connectivity index (χ2v) is 7.03. The maximum absolute atomic E-state index is 12.3. The maximum Gasteiger partial charge on any atom is 0.248 e. The van der Waals surface area contributed by atoms with Crippen molar-refractivity contribution in [2.45, 2.75) is 13.8 Å². The van der Waals surface area contributed by atoms with E-state index in [4.69, 9.17) is 30.5 Å². The van der Waals surface area contributed by atoms with Gasteiger partial charge in [0.2, 0.25) is 5.91 Å². The molecule has 0 aliphatic carbocycles. The molecule has 0 fully saturated rings. The lowest BCUT2D eigenvalue weighted by Crippen LogP contribution is -2.09. The predicted molar refractivity (Wildman–Crippen MR) is 116 cm³/mol. The molecule has 0 saturated carbocycles. The van der Waals surface area contributed by atoms with E-state index in [9.17, 15) is 4.79 Å². The number of carbonyl (C=O) groups excluding carboxylic acids is 1. The van der Waals surface area contributed by atoms with Gasteiger partial charge in [0.25, 0.3) is 0 Å². The fourth-order valence-electron chi connectivity index (χ4n) is 2.47. The van der Waals surface area contributed by atoms with Gasteiger partial charge in [-0.3, -0.25) is 4.79 Å². The van der Waals surface area contributed by atoms with E-state index < -0.39 is 0 Å². The molecule has 0 radical (unpaired) electrons. The number of hydrogen-bond donors (Lipinski definition) is 1. The Morgan fingerprint density at radius 1 is 1.00 bits per heavy atom. The van der Waals surface area contributed by atoms with Gasteiger partial charge in [-0.2, -0.15) is 0 Å². The molecule has 1 N–H and O–H groups in total. The molecule has 0 bridgehead atoms. The SMILES string of the molecule is COc1cc(OC)c(NC(=O)/C=C/c2ccc(OCC(C)C)c(OC)c2)cc1Cl. The summed E-state index contributed by atoms with van der Waals surface area (Å²) < 4.78 is 21.6. The summed E-state index contributed by atoms with van der Waals surface area (Å²) >= 11 is 6.13. The highest BCUT2D eigenvalue weighted by molar-refractivity contribution is 6.32. The second kappa shape index (κ2) is 10.6. The molecule has 2 rings (SSSR count). The van der Waals surface area contributed by atoms with Gasteiger partial charge in [0.1, 0.15) is 11.5 Å². The fraction of sp³-hybridized carbons (Fsp3) is 0.318. The first-order valence-electron chi connectivity index (χ1n) is 9.09. The van der Waals surface area contributed by atoms with Crippen molar-refractivity contribution in [1.29, 1.82) is 0 Å². The summed E-state index contributed by atoms with van der Waals surface area (Å²) in [5.74, 6) is 2.26. The molecular formula is C22H26ClNO5. The predicted octanol–water partition coefficient (Wildman–Crippen LogP) is 5.05. The zero-order valence-corrected chi connectivity index (χ0v) is 18.0. The highest BCUT2D eigenvalue weighted by atomic mass is 35.5. The lowest BCUT2D eigenvalue weighted by Gasteiger charge is -2.13. The lowest BCUT2D eigenvalue weighted by molar-refractivity contribution is -0.111. The van der Waals surface area contributed by atoms with Gasteiger partial charge in [-0.15, -0.1) is 0 Å². The molecule has 156 valence electrons. The number of amides is 1. The minimum absolute atomic E-state index is 0.330. The van der Waals surface area contributed by atoms with Crippen molar-refractivity contribution in [3.63, 3.8) is 0 Å². The Bertz CT molecular complexity index is 880. The van der Waals surface area contributed by atoms with Crippen molar-refractivity contribution in [2.75, 3.05) is 33.3 Å². The quantitative estimate of drug-likeness (QED) is 0.576. The number of methoxy groups -OCH3 is 3. The average molecular weight is 420 g/mol. The van der Waals surface area contributed by atoms with Gasteiger partial charge in [0.05, 0.1) is 38.6 Å². The number of ether oxygens (including phenoxy) is 4. The monoisotopic (exact) mass is 419 g/mol. The Labute approximate surface area is 176 Å². The van der Waals surface area contributed by atoms with Crippen molar-refractivity contribution in [2.24, 2.45) is 5.92 Å². The smallest absolute Gasteiger partial charge is 0.248 e. The van der Waals surface area contributed by atoms with Crippen LogP contribution in [-0.4, -0.2) is 33.8 Å². The van der Waals surface area contributed by atoms with Crippen molar-refractivity contribution in [1.82, 2.24) is 0 Å². The van der Waals surface area contributed by atoms with E-state index in [-0.39, 0.29) is 5.91 Å². The Kier molecular flexibility index (Phi) is 8.21. The van der Waals surface area contributed by atoms with Crippen molar-refractivity contribution < 1.29 is 23.7 Å². The minimum atomic E-state index is -0.330. The van der Waals surface area contributed by atoms with Crippen molar-refractivity contribution in [3.05, 3.63) is 47.0 Å². The van der Waals surface area contributed by atoms with Gasteiger partial charge in [-0.1, -0.05) is 31.5 Å². The Morgan fingerprint density at radius 3 is 2.31 bits per heavy atom. The molecule has 7 heteroatoms. The molecule has 0 atom stereocenters. The fourth-order valence-corrected chi connectivity index (χ4v) is 2.71. The molecule has 0 spiro atoms. The number of hydrogen-bond acceptors (Lipinski definition) is 5. The summed E-state index contributed by atoms with van der Waals surface area (Å²) in [6, 6.07) is 8.68. The normalized spacial score (nSPS) is 10.9. The zero-order valence-electron chi connectivity index (χ0n) is 17.2. The van der Waals surface area contributed by atoms with Crippen LogP contribution in [0.2, 0.25) is 5.02 Å². The minimum Gasteiger partial charge on any atom is -0.495 e. The summed E-state index contributed by atoms with van der Waals surface area (Å²) in [5.41, 5.74) is 1.25. The molecule has 2 aromatic carbocycles. The highest BCUT2D eigenvalue weighted by Gasteiger charge is 2.12. The molecule has 29 heavy (non-hydrogen) atoms. The van der Waals surface area contributed by atoms with Gasteiger partial charge < -0.3 is 24.3 Å². The summed E-state index contributed by atoms with van der Waals surface area (Å²) in [5, 5.41) is 3.12. The average Bonchev–Trinajstić information content (AvgIpc) is 2.71. The summed E-state index contributed by atoms with van der Waals surface area (Å²) in [6.07, 6.45) is 3.10. The number of nitrogens with one attached hydrogen (secondary N) is 1. The van der Waals surface area contributed by atoms with Crippen LogP contribution >= 0.6 is 11.6 Å². The highest BCUT2D eigenvalue weighted by Crippen LogP contribution is 2.36. The second-order valence-electron chi connectivity index (χ2n) is 6.62. The first kappa shape index (κ1) is 22.4. The molecule has 2 aromatic rings. The third-order valence-electron chi connectivity index (χ3n) is 3.92. The van der Waals surface area contributed by atoms with E-state index in [1.165, 1.54) is 20.3 Å². The van der Waals surface area contributed by atoms with Crippen molar-refractivity contribution >= 4 is 29.3 Å². The van der Waals surface area contributed by atoms with Gasteiger partial charge in [0.15, 0.2) is 11.5 Å². The van der Waals surface area contributed by atoms with Crippen LogP contribution in [0.4, 0.5) is 5.69 Å². The summed E-state index contributed by atoms with van der Waals surface area (Å²) in [6.45, 7) is 4.75. The molecule has 0 aliphatic heterocycles. The Hall–Kier alpha value is -2.86. The number of carbonyl (C=O) groups is 1. The number of benzene rings is 2. The Balaban J connectivity index is 2.12.